The van der Waals surface area contributed by atoms with E-state index in [-0.39, 0.29) is 12.0 Å². The molecule has 1 aromatic rings. The first-order valence-corrected chi connectivity index (χ1v) is 8.50. The monoisotopic (exact) mass is 292 g/mol. The van der Waals surface area contributed by atoms with Crippen molar-refractivity contribution < 1.29 is 8.42 Å². The lowest BCUT2D eigenvalue weighted by atomic mass is 9.94. The van der Waals surface area contributed by atoms with Gasteiger partial charge in [0.25, 0.3) is 0 Å². The van der Waals surface area contributed by atoms with Crippen LogP contribution in [-0.2, 0) is 10.0 Å². The Balaban J connectivity index is 2.17. The van der Waals surface area contributed by atoms with Gasteiger partial charge in [0.15, 0.2) is 0 Å². The van der Waals surface area contributed by atoms with E-state index in [1.165, 1.54) is 0 Å². The van der Waals surface area contributed by atoms with E-state index in [0.29, 0.717) is 5.56 Å². The van der Waals surface area contributed by atoms with Crippen molar-refractivity contribution in [2.75, 3.05) is 0 Å². The molecule has 4 nitrogen and oxygen atoms in total. The lowest BCUT2D eigenvalue weighted by Crippen LogP contribution is -2.40. The van der Waals surface area contributed by atoms with Crippen molar-refractivity contribution in [3.05, 3.63) is 35.4 Å². The standard InChI is InChI=1S/C15H20N2O2S/c1-11(2)20(18,19)17-15-5-3-4-14(15)13-8-6-12(10-16)7-9-13/h6-9,11,14-15,17H,3-5H2,1-2H3/t14-,15-/m1/s1. The van der Waals surface area contributed by atoms with Crippen LogP contribution >= 0.6 is 0 Å². The second-order valence-corrected chi connectivity index (χ2v) is 7.86. The molecular weight excluding hydrogens is 272 g/mol. The van der Waals surface area contributed by atoms with Crippen LogP contribution in [0.1, 0.15) is 50.2 Å². The largest absolute Gasteiger partial charge is 0.214 e. The van der Waals surface area contributed by atoms with Gasteiger partial charge in [-0.3, -0.25) is 0 Å². The number of hydrogen-bond acceptors (Lipinski definition) is 3. The molecule has 5 heteroatoms. The molecule has 2 rings (SSSR count). The number of nitrogens with one attached hydrogen (secondary N) is 1. The molecule has 0 radical (unpaired) electrons. The zero-order valence-electron chi connectivity index (χ0n) is 11.8. The molecule has 0 saturated heterocycles. The molecule has 20 heavy (non-hydrogen) atoms. The minimum Gasteiger partial charge on any atom is -0.212 e. The summed E-state index contributed by atoms with van der Waals surface area (Å²) in [5, 5.41) is 8.41. The van der Waals surface area contributed by atoms with Crippen molar-refractivity contribution in [3.63, 3.8) is 0 Å². The first kappa shape index (κ1) is 15.0. The van der Waals surface area contributed by atoms with Crippen LogP contribution in [0.3, 0.4) is 0 Å². The van der Waals surface area contributed by atoms with Crippen LogP contribution in [0, 0.1) is 11.3 Å². The Kier molecular flexibility index (Phi) is 4.46. The number of rotatable bonds is 4. The second kappa shape index (κ2) is 5.94. The molecule has 108 valence electrons. The van der Waals surface area contributed by atoms with E-state index >= 15 is 0 Å². The topological polar surface area (TPSA) is 70.0 Å². The summed E-state index contributed by atoms with van der Waals surface area (Å²) >= 11 is 0. The number of nitrogens with zero attached hydrogens (tertiary/aromatic N) is 1. The Morgan fingerprint density at radius 1 is 1.25 bits per heavy atom. The first-order valence-electron chi connectivity index (χ1n) is 6.95. The highest BCUT2D eigenvalue weighted by Crippen LogP contribution is 2.35. The van der Waals surface area contributed by atoms with Crippen LogP contribution in [0.5, 0.6) is 0 Å². The average Bonchev–Trinajstić information content (AvgIpc) is 2.86. The Morgan fingerprint density at radius 3 is 2.45 bits per heavy atom. The van der Waals surface area contributed by atoms with Gasteiger partial charge >= 0.3 is 0 Å². The molecule has 0 heterocycles. The smallest absolute Gasteiger partial charge is 0.212 e. The number of nitriles is 1. The quantitative estimate of drug-likeness (QED) is 0.927. The maximum Gasteiger partial charge on any atom is 0.214 e. The van der Waals surface area contributed by atoms with Gasteiger partial charge in [0.05, 0.1) is 16.9 Å². The highest BCUT2D eigenvalue weighted by atomic mass is 32.2. The van der Waals surface area contributed by atoms with Crippen LogP contribution in [0.25, 0.3) is 0 Å². The van der Waals surface area contributed by atoms with Crippen LogP contribution in [-0.4, -0.2) is 19.7 Å². The van der Waals surface area contributed by atoms with Crippen molar-refractivity contribution in [1.29, 1.82) is 5.26 Å². The third-order valence-electron chi connectivity index (χ3n) is 3.92. The predicted octanol–water partition coefficient (Wildman–Crippen LogP) is 2.52. The molecule has 2 atom stereocenters. The van der Waals surface area contributed by atoms with Crippen molar-refractivity contribution >= 4 is 10.0 Å². The van der Waals surface area contributed by atoms with E-state index in [0.717, 1.165) is 24.8 Å². The van der Waals surface area contributed by atoms with Crippen molar-refractivity contribution in [2.45, 2.75) is 50.3 Å². The van der Waals surface area contributed by atoms with Gasteiger partial charge in [0.1, 0.15) is 0 Å². The van der Waals surface area contributed by atoms with Crippen molar-refractivity contribution in [3.8, 4) is 6.07 Å². The molecule has 1 aromatic carbocycles. The zero-order valence-corrected chi connectivity index (χ0v) is 12.7. The van der Waals surface area contributed by atoms with Crippen molar-refractivity contribution in [2.24, 2.45) is 0 Å². The third kappa shape index (κ3) is 3.20. The maximum atomic E-state index is 12.0. The molecule has 1 N–H and O–H groups in total. The Bertz CT molecular complexity index is 600. The van der Waals surface area contributed by atoms with E-state index < -0.39 is 15.3 Å². The van der Waals surface area contributed by atoms with Gasteiger partial charge in [-0.15, -0.1) is 0 Å². The fraction of sp³-hybridized carbons (Fsp3) is 0.533. The van der Waals surface area contributed by atoms with Crippen molar-refractivity contribution in [1.82, 2.24) is 4.72 Å². The van der Waals surface area contributed by atoms with E-state index in [2.05, 4.69) is 10.8 Å². The molecule has 0 aromatic heterocycles. The van der Waals surface area contributed by atoms with E-state index in [9.17, 15) is 8.42 Å². The Hall–Kier alpha value is -1.38. The fourth-order valence-electron chi connectivity index (χ4n) is 2.65. The number of hydrogen-bond donors (Lipinski definition) is 1. The molecule has 0 unspecified atom stereocenters. The van der Waals surface area contributed by atoms with Crippen LogP contribution in [0.15, 0.2) is 24.3 Å². The summed E-state index contributed by atoms with van der Waals surface area (Å²) in [4.78, 5) is 0. The number of benzene rings is 1. The molecular formula is C15H20N2O2S. The molecule has 1 fully saturated rings. The van der Waals surface area contributed by atoms with Gasteiger partial charge in [0, 0.05) is 12.0 Å². The minimum atomic E-state index is -3.24. The second-order valence-electron chi connectivity index (χ2n) is 5.59. The lowest BCUT2D eigenvalue weighted by Gasteiger charge is -2.22. The predicted molar refractivity (Wildman–Crippen MR) is 78.7 cm³/mol. The lowest BCUT2D eigenvalue weighted by molar-refractivity contribution is 0.519. The van der Waals surface area contributed by atoms with Gasteiger partial charge in [0.2, 0.25) is 10.0 Å². The third-order valence-corrected chi connectivity index (χ3v) is 5.79. The fourth-order valence-corrected chi connectivity index (χ4v) is 3.63. The van der Waals surface area contributed by atoms with Crippen LogP contribution in [0.2, 0.25) is 0 Å². The molecule has 1 aliphatic rings. The van der Waals surface area contributed by atoms with Crippen LogP contribution < -0.4 is 4.72 Å². The summed E-state index contributed by atoms with van der Waals surface area (Å²) in [7, 11) is -3.24. The van der Waals surface area contributed by atoms with Gasteiger partial charge in [-0.1, -0.05) is 18.6 Å². The molecule has 0 amide bonds. The summed E-state index contributed by atoms with van der Waals surface area (Å²) in [6.45, 7) is 3.38. The average molecular weight is 292 g/mol. The van der Waals surface area contributed by atoms with E-state index in [1.54, 1.807) is 26.0 Å². The highest BCUT2D eigenvalue weighted by molar-refractivity contribution is 7.90. The minimum absolute atomic E-state index is 0.0321. The summed E-state index contributed by atoms with van der Waals surface area (Å²) < 4.78 is 26.9. The summed E-state index contributed by atoms with van der Waals surface area (Å²) in [6, 6.07) is 9.52. The zero-order chi connectivity index (χ0) is 14.8. The van der Waals surface area contributed by atoms with E-state index in [1.807, 2.05) is 12.1 Å². The van der Waals surface area contributed by atoms with Crippen LogP contribution in [0.4, 0.5) is 0 Å². The first-order chi connectivity index (χ1) is 9.44. The van der Waals surface area contributed by atoms with Gasteiger partial charge in [-0.25, -0.2) is 13.1 Å². The highest BCUT2D eigenvalue weighted by Gasteiger charge is 2.32. The normalized spacial score (nSPS) is 22.9. The molecule has 1 aliphatic carbocycles. The molecule has 0 aliphatic heterocycles. The van der Waals surface area contributed by atoms with Gasteiger partial charge < -0.3 is 0 Å². The maximum absolute atomic E-state index is 12.0. The Labute approximate surface area is 120 Å². The number of sulfonamides is 1. The summed E-state index contributed by atoms with van der Waals surface area (Å²) in [6.07, 6.45) is 2.88. The Morgan fingerprint density at radius 2 is 1.90 bits per heavy atom. The molecule has 0 spiro atoms. The summed E-state index contributed by atoms with van der Waals surface area (Å²) in [5.41, 5.74) is 1.74. The SMILES string of the molecule is CC(C)S(=O)(=O)N[C@@H]1CCC[C@@H]1c1ccc(C#N)cc1. The van der Waals surface area contributed by atoms with Gasteiger partial charge in [-0.2, -0.15) is 5.26 Å². The van der Waals surface area contributed by atoms with E-state index in [4.69, 9.17) is 5.26 Å². The summed E-state index contributed by atoms with van der Waals surface area (Å²) in [5.74, 6) is 0.205. The molecule has 0 bridgehead atoms. The molecule has 1 saturated carbocycles. The van der Waals surface area contributed by atoms with Gasteiger partial charge in [-0.05, 0) is 44.4 Å².